The highest BCUT2D eigenvalue weighted by Gasteiger charge is 2.20. The highest BCUT2D eigenvalue weighted by molar-refractivity contribution is 5.91. The molecule has 8 heteroatoms. The second kappa shape index (κ2) is 6.85. The summed E-state index contributed by atoms with van der Waals surface area (Å²) in [6.45, 7) is 6.58. The van der Waals surface area contributed by atoms with Crippen LogP contribution in [-0.2, 0) is 17.8 Å². The molecule has 0 spiro atoms. The van der Waals surface area contributed by atoms with E-state index in [1.807, 2.05) is 24.7 Å². The number of nitrogens with one attached hydrogen (secondary N) is 1. The molecular formula is C15H21N7O. The van der Waals surface area contributed by atoms with Crippen molar-refractivity contribution >= 4 is 16.7 Å². The van der Waals surface area contributed by atoms with Gasteiger partial charge in [0.1, 0.15) is 0 Å². The third-order valence-electron chi connectivity index (χ3n) is 4.25. The number of fused-ring (bicyclic) bond motifs is 1. The van der Waals surface area contributed by atoms with Gasteiger partial charge in [-0.15, -0.1) is 0 Å². The van der Waals surface area contributed by atoms with Crippen molar-refractivity contribution in [3.8, 4) is 0 Å². The van der Waals surface area contributed by atoms with Crippen molar-refractivity contribution in [2.75, 3.05) is 18.5 Å². The van der Waals surface area contributed by atoms with E-state index in [9.17, 15) is 0 Å². The Morgan fingerprint density at radius 1 is 1.48 bits per heavy atom. The fourth-order valence-corrected chi connectivity index (χ4v) is 2.98. The number of hydrogen-bond donors (Lipinski definition) is 1. The Morgan fingerprint density at radius 3 is 2.96 bits per heavy atom. The van der Waals surface area contributed by atoms with Crippen LogP contribution in [0.1, 0.15) is 31.0 Å². The van der Waals surface area contributed by atoms with Crippen molar-refractivity contribution in [3.05, 3.63) is 27.9 Å². The van der Waals surface area contributed by atoms with Crippen LogP contribution in [0.15, 0.2) is 11.3 Å². The van der Waals surface area contributed by atoms with Crippen molar-refractivity contribution in [1.82, 2.24) is 14.8 Å². The Morgan fingerprint density at radius 2 is 2.26 bits per heavy atom. The molecule has 3 heterocycles. The Balaban J connectivity index is 2.08. The summed E-state index contributed by atoms with van der Waals surface area (Å²) in [5.41, 5.74) is 12.3. The molecule has 1 N–H and O–H groups in total. The van der Waals surface area contributed by atoms with Crippen LogP contribution >= 0.6 is 0 Å². The number of pyridine rings is 1. The number of anilines is 1. The SMILES string of the molecule is CCn1ncc2c(NC3CCOCC3)c(CN=[N+]=[N-])c(C)nc21. The topological polar surface area (TPSA) is 101 Å². The number of azide groups is 1. The van der Waals surface area contributed by atoms with Crippen LogP contribution in [0.4, 0.5) is 5.69 Å². The summed E-state index contributed by atoms with van der Waals surface area (Å²) in [5.74, 6) is 0. The maximum atomic E-state index is 8.67. The first kappa shape index (κ1) is 15.6. The monoisotopic (exact) mass is 315 g/mol. The number of aromatic nitrogens is 3. The van der Waals surface area contributed by atoms with Crippen molar-refractivity contribution < 1.29 is 4.74 Å². The van der Waals surface area contributed by atoms with E-state index in [-0.39, 0.29) is 6.54 Å². The highest BCUT2D eigenvalue weighted by atomic mass is 16.5. The second-order valence-electron chi connectivity index (χ2n) is 5.67. The molecule has 1 aliphatic rings. The minimum Gasteiger partial charge on any atom is -0.381 e. The Hall–Kier alpha value is -2.31. The van der Waals surface area contributed by atoms with Crippen molar-refractivity contribution in [1.29, 1.82) is 0 Å². The maximum absolute atomic E-state index is 8.67. The molecule has 1 fully saturated rings. The van der Waals surface area contributed by atoms with Gasteiger partial charge in [0.15, 0.2) is 5.65 Å². The minimum absolute atomic E-state index is 0.286. The van der Waals surface area contributed by atoms with Crippen molar-refractivity contribution in [2.45, 2.75) is 45.8 Å². The van der Waals surface area contributed by atoms with E-state index >= 15 is 0 Å². The van der Waals surface area contributed by atoms with E-state index in [0.29, 0.717) is 6.04 Å². The fraction of sp³-hybridized carbons (Fsp3) is 0.600. The van der Waals surface area contributed by atoms with E-state index < -0.39 is 0 Å². The van der Waals surface area contributed by atoms with Gasteiger partial charge in [0.25, 0.3) is 0 Å². The zero-order chi connectivity index (χ0) is 16.2. The standard InChI is InChI=1S/C15H21N7O/c1-3-22-15-13(9-18-22)14(20-11-4-6-23-7-5-11)12(8-17-21-16)10(2)19-15/h9,11H,3-8H2,1-2H3,(H,19,20). The van der Waals surface area contributed by atoms with Gasteiger partial charge in [-0.2, -0.15) is 5.10 Å². The number of aryl methyl sites for hydroxylation is 2. The zero-order valence-corrected chi connectivity index (χ0v) is 13.5. The molecule has 0 amide bonds. The summed E-state index contributed by atoms with van der Waals surface area (Å²) in [6, 6.07) is 0.351. The first-order valence-electron chi connectivity index (χ1n) is 7.94. The van der Waals surface area contributed by atoms with Gasteiger partial charge < -0.3 is 10.1 Å². The summed E-state index contributed by atoms with van der Waals surface area (Å²) in [4.78, 5) is 7.56. The molecule has 8 nitrogen and oxygen atoms in total. The smallest absolute Gasteiger partial charge is 0.160 e. The quantitative estimate of drug-likeness (QED) is 0.520. The summed E-state index contributed by atoms with van der Waals surface area (Å²) in [6.07, 6.45) is 3.77. The Labute approximate surface area is 134 Å². The molecule has 0 unspecified atom stereocenters. The van der Waals surface area contributed by atoms with Crippen LogP contribution in [0.3, 0.4) is 0 Å². The second-order valence-corrected chi connectivity index (χ2v) is 5.67. The first-order chi connectivity index (χ1) is 11.2. The summed E-state index contributed by atoms with van der Waals surface area (Å²) >= 11 is 0. The van der Waals surface area contributed by atoms with Crippen LogP contribution in [0.2, 0.25) is 0 Å². The summed E-state index contributed by atoms with van der Waals surface area (Å²) < 4.78 is 7.31. The molecule has 2 aromatic rings. The van der Waals surface area contributed by atoms with E-state index in [4.69, 9.17) is 10.3 Å². The molecule has 0 radical (unpaired) electrons. The first-order valence-corrected chi connectivity index (χ1v) is 7.94. The molecule has 122 valence electrons. The van der Waals surface area contributed by atoms with E-state index in [1.165, 1.54) is 0 Å². The van der Waals surface area contributed by atoms with E-state index in [1.54, 1.807) is 0 Å². The van der Waals surface area contributed by atoms with E-state index in [0.717, 1.165) is 60.6 Å². The normalized spacial score (nSPS) is 15.6. The summed E-state index contributed by atoms with van der Waals surface area (Å²) in [7, 11) is 0. The molecule has 1 aliphatic heterocycles. The highest BCUT2D eigenvalue weighted by Crippen LogP contribution is 2.31. The van der Waals surface area contributed by atoms with Gasteiger partial charge in [0.2, 0.25) is 0 Å². The fourth-order valence-electron chi connectivity index (χ4n) is 2.98. The molecule has 0 aromatic carbocycles. The third-order valence-corrected chi connectivity index (χ3v) is 4.25. The molecule has 0 saturated carbocycles. The van der Waals surface area contributed by atoms with Crippen LogP contribution in [0.5, 0.6) is 0 Å². The van der Waals surface area contributed by atoms with Crippen molar-refractivity contribution in [2.24, 2.45) is 5.11 Å². The molecule has 2 aromatic heterocycles. The lowest BCUT2D eigenvalue weighted by Gasteiger charge is -2.26. The minimum atomic E-state index is 0.286. The molecule has 1 saturated heterocycles. The average Bonchev–Trinajstić information content (AvgIpc) is 2.98. The maximum Gasteiger partial charge on any atom is 0.160 e. The molecule has 0 aliphatic carbocycles. The lowest BCUT2D eigenvalue weighted by atomic mass is 10.0. The summed E-state index contributed by atoms with van der Waals surface area (Å²) in [5, 5.41) is 12.8. The van der Waals surface area contributed by atoms with Gasteiger partial charge in [-0.3, -0.25) is 0 Å². The van der Waals surface area contributed by atoms with Crippen molar-refractivity contribution in [3.63, 3.8) is 0 Å². The number of rotatable bonds is 5. The van der Waals surface area contributed by atoms with Crippen LogP contribution in [0.25, 0.3) is 21.5 Å². The lowest BCUT2D eigenvalue weighted by molar-refractivity contribution is 0.0904. The Kier molecular flexibility index (Phi) is 4.64. The average molecular weight is 315 g/mol. The van der Waals surface area contributed by atoms with Gasteiger partial charge in [-0.25, -0.2) is 9.67 Å². The van der Waals surface area contributed by atoms with Gasteiger partial charge in [0.05, 0.1) is 23.8 Å². The largest absolute Gasteiger partial charge is 0.381 e. The molecule has 23 heavy (non-hydrogen) atoms. The molecule has 0 atom stereocenters. The van der Waals surface area contributed by atoms with E-state index in [2.05, 4.69) is 25.4 Å². The number of hydrogen-bond acceptors (Lipinski definition) is 5. The molecule has 3 rings (SSSR count). The number of nitrogens with zero attached hydrogens (tertiary/aromatic N) is 6. The van der Waals surface area contributed by atoms with Crippen LogP contribution in [-0.4, -0.2) is 34.0 Å². The Bertz CT molecular complexity index is 742. The molecule has 0 bridgehead atoms. The van der Waals surface area contributed by atoms with Gasteiger partial charge >= 0.3 is 0 Å². The number of ether oxygens (including phenoxy) is 1. The lowest BCUT2D eigenvalue weighted by Crippen LogP contribution is -2.28. The predicted molar refractivity (Wildman–Crippen MR) is 88.3 cm³/mol. The third kappa shape index (κ3) is 3.09. The van der Waals surface area contributed by atoms with Gasteiger partial charge in [0, 0.05) is 42.0 Å². The van der Waals surface area contributed by atoms with Gasteiger partial charge in [-0.1, -0.05) is 5.11 Å². The van der Waals surface area contributed by atoms with Crippen LogP contribution in [0, 0.1) is 6.92 Å². The van der Waals surface area contributed by atoms with Gasteiger partial charge in [-0.05, 0) is 32.2 Å². The zero-order valence-electron chi connectivity index (χ0n) is 13.5. The molecular weight excluding hydrogens is 294 g/mol. The predicted octanol–water partition coefficient (Wildman–Crippen LogP) is 3.16. The van der Waals surface area contributed by atoms with Crippen LogP contribution < -0.4 is 5.32 Å².